The van der Waals surface area contributed by atoms with Crippen LogP contribution in [-0.4, -0.2) is 55.1 Å². The number of halogens is 3. The zero-order valence-electron chi connectivity index (χ0n) is 12.4. The molecule has 0 amide bonds. The number of likely N-dealkylation sites (N-methyl/N-ethyl adjacent to an activating group) is 1. The summed E-state index contributed by atoms with van der Waals surface area (Å²) in [5.41, 5.74) is 7.97. The lowest BCUT2D eigenvalue weighted by atomic mass is 10.1. The summed E-state index contributed by atoms with van der Waals surface area (Å²) in [6.45, 7) is 5.73. The van der Waals surface area contributed by atoms with E-state index in [1.54, 1.807) is 0 Å². The van der Waals surface area contributed by atoms with E-state index in [1.807, 2.05) is 0 Å². The first kappa shape index (κ1) is 21.0. The van der Waals surface area contributed by atoms with Crippen LogP contribution in [0.2, 0.25) is 0 Å². The van der Waals surface area contributed by atoms with E-state index in [1.165, 1.54) is 18.7 Å². The Morgan fingerprint density at radius 1 is 1.05 bits per heavy atom. The van der Waals surface area contributed by atoms with Crippen molar-refractivity contribution in [2.45, 2.75) is 17.9 Å². The van der Waals surface area contributed by atoms with Crippen LogP contribution in [-0.2, 0) is 0 Å². The van der Waals surface area contributed by atoms with Crippen LogP contribution >= 0.6 is 37.2 Å². The Morgan fingerprint density at radius 3 is 2.19 bits per heavy atom. The summed E-state index contributed by atoms with van der Waals surface area (Å²) in [5.74, 6) is 0.568. The van der Waals surface area contributed by atoms with Crippen LogP contribution in [0, 0.1) is 0 Å². The predicted octanol–water partition coefficient (Wildman–Crippen LogP) is 2.38. The van der Waals surface area contributed by atoms with Gasteiger partial charge in [0.25, 0.3) is 0 Å². The van der Waals surface area contributed by atoms with Crippen molar-refractivity contribution in [3.63, 3.8) is 0 Å². The van der Waals surface area contributed by atoms with Gasteiger partial charge in [-0.15, -0.1) is 37.2 Å². The van der Waals surface area contributed by atoms with Crippen molar-refractivity contribution in [2.24, 2.45) is 5.73 Å². The highest BCUT2D eigenvalue weighted by atomic mass is 35.5. The largest absolute Gasteiger partial charge is 0.323 e. The molecule has 1 saturated heterocycles. The Hall–Kier alpha value is -0.0300. The molecule has 2 aliphatic rings. The van der Waals surface area contributed by atoms with E-state index in [0.29, 0.717) is 5.92 Å². The average molecular weight is 355 g/mol. The maximum absolute atomic E-state index is 6.53. The summed E-state index contributed by atoms with van der Waals surface area (Å²) in [5, 5.41) is 0. The van der Waals surface area contributed by atoms with Crippen molar-refractivity contribution in [1.29, 1.82) is 0 Å². The fourth-order valence-corrected chi connectivity index (χ4v) is 3.05. The van der Waals surface area contributed by atoms with Gasteiger partial charge in [0.05, 0.1) is 0 Å². The molecule has 122 valence electrons. The van der Waals surface area contributed by atoms with Gasteiger partial charge in [-0.25, -0.2) is 0 Å². The molecule has 6 heteroatoms. The second-order valence-corrected chi connectivity index (χ2v) is 5.98. The Morgan fingerprint density at radius 2 is 1.62 bits per heavy atom. The van der Waals surface area contributed by atoms with Crippen molar-refractivity contribution >= 4 is 37.2 Å². The van der Waals surface area contributed by atoms with E-state index >= 15 is 0 Å². The highest BCUT2D eigenvalue weighted by Crippen LogP contribution is 2.49. The molecule has 0 spiro atoms. The van der Waals surface area contributed by atoms with Gasteiger partial charge in [-0.1, -0.05) is 30.3 Å². The van der Waals surface area contributed by atoms with Crippen LogP contribution in [0.5, 0.6) is 0 Å². The molecule has 21 heavy (non-hydrogen) atoms. The number of benzene rings is 1. The van der Waals surface area contributed by atoms with E-state index in [-0.39, 0.29) is 42.8 Å². The van der Waals surface area contributed by atoms with Gasteiger partial charge >= 0.3 is 0 Å². The molecule has 2 N–H and O–H groups in total. The molecule has 0 radical (unpaired) electrons. The average Bonchev–Trinajstić information content (AvgIpc) is 3.05. The smallest absolute Gasteiger partial charge is 0.0360 e. The van der Waals surface area contributed by atoms with Gasteiger partial charge in [0, 0.05) is 44.2 Å². The zero-order valence-corrected chi connectivity index (χ0v) is 14.9. The van der Waals surface area contributed by atoms with Crippen molar-refractivity contribution in [1.82, 2.24) is 9.80 Å². The van der Waals surface area contributed by atoms with E-state index < -0.39 is 0 Å². The first-order valence-corrected chi connectivity index (χ1v) is 6.92. The molecular formula is C15H26Cl3N3. The molecule has 1 aromatic rings. The van der Waals surface area contributed by atoms with E-state index in [0.717, 1.165) is 26.1 Å². The maximum Gasteiger partial charge on any atom is 0.0360 e. The second kappa shape index (κ2) is 8.56. The minimum atomic E-state index is 0. The number of rotatable bonds is 3. The number of nitrogens with zero attached hydrogens (tertiary/aromatic N) is 2. The minimum Gasteiger partial charge on any atom is -0.323 e. The standard InChI is InChI=1S/C15H23N3.3ClH/c1-17-7-9-18(10-8-17)12-15(16)11-14(15)13-5-3-2-4-6-13;;;/h2-6,14H,7-12,16H2,1H3;3*1H. The lowest BCUT2D eigenvalue weighted by Crippen LogP contribution is -2.49. The summed E-state index contributed by atoms with van der Waals surface area (Å²) >= 11 is 0. The molecule has 3 rings (SSSR count). The molecule has 1 aliphatic carbocycles. The maximum atomic E-state index is 6.53. The van der Waals surface area contributed by atoms with Gasteiger partial charge in [-0.05, 0) is 19.0 Å². The third-order valence-corrected chi connectivity index (χ3v) is 4.43. The molecule has 1 aromatic carbocycles. The number of nitrogens with two attached hydrogens (primary N) is 1. The third kappa shape index (κ3) is 4.98. The van der Waals surface area contributed by atoms with E-state index in [9.17, 15) is 0 Å². The van der Waals surface area contributed by atoms with Crippen molar-refractivity contribution in [3.8, 4) is 0 Å². The first-order chi connectivity index (χ1) is 8.67. The molecule has 2 fully saturated rings. The highest BCUT2D eigenvalue weighted by molar-refractivity contribution is 5.86. The molecule has 1 aliphatic heterocycles. The van der Waals surface area contributed by atoms with Crippen LogP contribution in [0.1, 0.15) is 17.9 Å². The summed E-state index contributed by atoms with van der Waals surface area (Å²) in [6.07, 6.45) is 1.14. The quantitative estimate of drug-likeness (QED) is 0.904. The Bertz CT molecular complexity index is 410. The topological polar surface area (TPSA) is 32.5 Å². The van der Waals surface area contributed by atoms with Crippen LogP contribution in [0.3, 0.4) is 0 Å². The lowest BCUT2D eigenvalue weighted by Gasteiger charge is -2.34. The molecule has 2 unspecified atom stereocenters. The van der Waals surface area contributed by atoms with Crippen molar-refractivity contribution < 1.29 is 0 Å². The van der Waals surface area contributed by atoms with Gasteiger partial charge < -0.3 is 10.6 Å². The molecular weight excluding hydrogens is 329 g/mol. The fourth-order valence-electron chi connectivity index (χ4n) is 3.05. The van der Waals surface area contributed by atoms with Crippen LogP contribution in [0.4, 0.5) is 0 Å². The summed E-state index contributed by atoms with van der Waals surface area (Å²) < 4.78 is 0. The summed E-state index contributed by atoms with van der Waals surface area (Å²) in [7, 11) is 2.19. The minimum absolute atomic E-state index is 0. The van der Waals surface area contributed by atoms with Gasteiger partial charge in [0.1, 0.15) is 0 Å². The Balaban J connectivity index is 0.00000133. The second-order valence-electron chi connectivity index (χ2n) is 5.98. The highest BCUT2D eigenvalue weighted by Gasteiger charge is 2.52. The number of hydrogen-bond acceptors (Lipinski definition) is 3. The van der Waals surface area contributed by atoms with E-state index in [4.69, 9.17) is 5.73 Å². The van der Waals surface area contributed by atoms with Gasteiger partial charge in [-0.3, -0.25) is 4.90 Å². The predicted molar refractivity (Wildman–Crippen MR) is 96.4 cm³/mol. The summed E-state index contributed by atoms with van der Waals surface area (Å²) in [4.78, 5) is 4.92. The van der Waals surface area contributed by atoms with Crippen LogP contribution in [0.15, 0.2) is 30.3 Å². The van der Waals surface area contributed by atoms with Crippen LogP contribution < -0.4 is 5.73 Å². The lowest BCUT2D eigenvalue weighted by molar-refractivity contribution is 0.143. The number of hydrogen-bond donors (Lipinski definition) is 1. The molecule has 1 saturated carbocycles. The van der Waals surface area contributed by atoms with E-state index in [2.05, 4.69) is 47.2 Å². The zero-order chi connectivity index (χ0) is 12.6. The molecule has 2 atom stereocenters. The number of piperazine rings is 1. The molecule has 3 nitrogen and oxygen atoms in total. The van der Waals surface area contributed by atoms with Gasteiger partial charge in [-0.2, -0.15) is 0 Å². The van der Waals surface area contributed by atoms with Crippen LogP contribution in [0.25, 0.3) is 0 Å². The third-order valence-electron chi connectivity index (χ3n) is 4.43. The Kier molecular flexibility index (Phi) is 8.55. The Labute approximate surface area is 146 Å². The molecule has 0 aromatic heterocycles. The van der Waals surface area contributed by atoms with Gasteiger partial charge in [0.2, 0.25) is 0 Å². The monoisotopic (exact) mass is 353 g/mol. The van der Waals surface area contributed by atoms with Crippen molar-refractivity contribution in [3.05, 3.63) is 35.9 Å². The van der Waals surface area contributed by atoms with Gasteiger partial charge in [0.15, 0.2) is 0 Å². The summed E-state index contributed by atoms with van der Waals surface area (Å²) in [6, 6.07) is 10.7. The molecule has 1 heterocycles. The molecule has 0 bridgehead atoms. The van der Waals surface area contributed by atoms with Crippen molar-refractivity contribution in [2.75, 3.05) is 39.8 Å². The first-order valence-electron chi connectivity index (χ1n) is 6.92. The SMILES string of the molecule is CN1CCN(CC2(N)CC2c2ccccc2)CC1.Cl.Cl.Cl. The normalized spacial score (nSPS) is 28.8. The fraction of sp³-hybridized carbons (Fsp3) is 0.600.